The number of benzene rings is 2. The average Bonchev–Trinajstić information content (AvgIpc) is 2.54. The van der Waals surface area contributed by atoms with Crippen molar-refractivity contribution in [2.24, 2.45) is 0 Å². The fourth-order valence-electron chi connectivity index (χ4n) is 2.37. The minimum atomic E-state index is 0.263. The lowest BCUT2D eigenvalue weighted by Gasteiger charge is -2.18. The minimum Gasteiger partial charge on any atom is -0.497 e. The third kappa shape index (κ3) is 4.23. The predicted octanol–water partition coefficient (Wildman–Crippen LogP) is 3.60. The maximum Gasteiger partial charge on any atom is 0.119 e. The molecule has 1 unspecified atom stereocenters. The summed E-state index contributed by atoms with van der Waals surface area (Å²) in [5.41, 5.74) is 2.51. The first-order valence-electron chi connectivity index (χ1n) is 7.29. The molecule has 2 rings (SSSR count). The molecule has 0 amide bonds. The molecule has 0 aliphatic rings. The van der Waals surface area contributed by atoms with Gasteiger partial charge >= 0.3 is 0 Å². The Balaban J connectivity index is 2.12. The number of nitrogens with one attached hydrogen (secondary N) is 1. The smallest absolute Gasteiger partial charge is 0.119 e. The third-order valence-electron chi connectivity index (χ3n) is 3.52. The Bertz CT molecular complexity index is 551. The van der Waals surface area contributed by atoms with Gasteiger partial charge in [-0.25, -0.2) is 0 Å². The van der Waals surface area contributed by atoms with Gasteiger partial charge in [-0.3, -0.25) is 0 Å². The van der Waals surface area contributed by atoms with E-state index in [0.717, 1.165) is 17.9 Å². The first-order chi connectivity index (χ1) is 10.3. The molecule has 0 spiro atoms. The molecule has 0 saturated carbocycles. The molecule has 112 valence electrons. The Labute approximate surface area is 126 Å². The van der Waals surface area contributed by atoms with Gasteiger partial charge in [-0.1, -0.05) is 24.3 Å². The van der Waals surface area contributed by atoms with Crippen LogP contribution < -0.4 is 14.8 Å². The Morgan fingerprint density at radius 1 is 1.05 bits per heavy atom. The zero-order valence-corrected chi connectivity index (χ0v) is 12.9. The van der Waals surface area contributed by atoms with Crippen LogP contribution in [-0.4, -0.2) is 20.8 Å². The SMILES string of the molecule is CCOc1cccc(C(Cc2ccc(OC)cc2)NC)c1. The molecule has 1 N–H and O–H groups in total. The van der Waals surface area contributed by atoms with Crippen LogP contribution in [0, 0.1) is 0 Å². The van der Waals surface area contributed by atoms with Crippen molar-refractivity contribution in [1.29, 1.82) is 0 Å². The van der Waals surface area contributed by atoms with Crippen LogP contribution in [0.5, 0.6) is 11.5 Å². The molecule has 0 heterocycles. The van der Waals surface area contributed by atoms with E-state index >= 15 is 0 Å². The first kappa shape index (κ1) is 15.4. The minimum absolute atomic E-state index is 0.263. The van der Waals surface area contributed by atoms with E-state index in [1.54, 1.807) is 7.11 Å². The molecule has 1 atom stereocenters. The summed E-state index contributed by atoms with van der Waals surface area (Å²) in [4.78, 5) is 0. The molecule has 2 aromatic rings. The highest BCUT2D eigenvalue weighted by Crippen LogP contribution is 2.23. The van der Waals surface area contributed by atoms with E-state index < -0.39 is 0 Å². The summed E-state index contributed by atoms with van der Waals surface area (Å²) >= 11 is 0. The zero-order valence-electron chi connectivity index (χ0n) is 12.9. The molecule has 0 aliphatic carbocycles. The number of rotatable bonds is 7. The van der Waals surface area contributed by atoms with Gasteiger partial charge in [-0.15, -0.1) is 0 Å². The van der Waals surface area contributed by atoms with E-state index in [9.17, 15) is 0 Å². The number of ether oxygens (including phenoxy) is 2. The summed E-state index contributed by atoms with van der Waals surface area (Å²) in [5, 5.41) is 3.38. The van der Waals surface area contributed by atoms with Gasteiger partial charge in [0.25, 0.3) is 0 Å². The van der Waals surface area contributed by atoms with Gasteiger partial charge in [0.15, 0.2) is 0 Å². The average molecular weight is 285 g/mol. The zero-order chi connectivity index (χ0) is 15.1. The largest absolute Gasteiger partial charge is 0.497 e. The van der Waals surface area contributed by atoms with E-state index in [1.807, 2.05) is 38.2 Å². The summed E-state index contributed by atoms with van der Waals surface area (Å²) in [6, 6.07) is 16.7. The standard InChI is InChI=1S/C18H23NO2/c1-4-21-17-7-5-6-15(13-17)18(19-2)12-14-8-10-16(20-3)11-9-14/h5-11,13,18-19H,4,12H2,1-3H3. The Hall–Kier alpha value is -2.00. The quantitative estimate of drug-likeness (QED) is 0.843. The van der Waals surface area contributed by atoms with Crippen molar-refractivity contribution < 1.29 is 9.47 Å². The van der Waals surface area contributed by atoms with Gasteiger partial charge in [-0.05, 0) is 55.8 Å². The second-order valence-electron chi connectivity index (χ2n) is 4.90. The molecular formula is C18H23NO2. The molecule has 0 bridgehead atoms. The molecule has 0 saturated heterocycles. The van der Waals surface area contributed by atoms with Crippen molar-refractivity contribution in [3.05, 3.63) is 59.7 Å². The Kier molecular flexibility index (Phi) is 5.64. The lowest BCUT2D eigenvalue weighted by molar-refractivity contribution is 0.339. The van der Waals surface area contributed by atoms with Gasteiger partial charge in [0.05, 0.1) is 13.7 Å². The summed E-state index contributed by atoms with van der Waals surface area (Å²) in [7, 11) is 3.67. The van der Waals surface area contributed by atoms with Gasteiger partial charge < -0.3 is 14.8 Å². The first-order valence-corrected chi connectivity index (χ1v) is 7.29. The van der Waals surface area contributed by atoms with Gasteiger partial charge in [0.1, 0.15) is 11.5 Å². The Morgan fingerprint density at radius 3 is 2.43 bits per heavy atom. The van der Waals surface area contributed by atoms with Crippen LogP contribution in [0.15, 0.2) is 48.5 Å². The van der Waals surface area contributed by atoms with E-state index in [0.29, 0.717) is 6.61 Å². The molecule has 3 heteroatoms. The maximum absolute atomic E-state index is 5.58. The van der Waals surface area contributed by atoms with Crippen molar-refractivity contribution in [3.63, 3.8) is 0 Å². The highest BCUT2D eigenvalue weighted by Gasteiger charge is 2.11. The highest BCUT2D eigenvalue weighted by atomic mass is 16.5. The number of hydrogen-bond donors (Lipinski definition) is 1. The predicted molar refractivity (Wildman–Crippen MR) is 86.1 cm³/mol. The van der Waals surface area contributed by atoms with E-state index in [-0.39, 0.29) is 6.04 Å². The van der Waals surface area contributed by atoms with Crippen molar-refractivity contribution in [2.45, 2.75) is 19.4 Å². The molecule has 0 fully saturated rings. The monoisotopic (exact) mass is 285 g/mol. The van der Waals surface area contributed by atoms with Crippen LogP contribution in [-0.2, 0) is 6.42 Å². The van der Waals surface area contributed by atoms with Gasteiger partial charge in [0, 0.05) is 6.04 Å². The summed E-state index contributed by atoms with van der Waals surface area (Å²) in [6.07, 6.45) is 0.927. The molecule has 2 aromatic carbocycles. The fraction of sp³-hybridized carbons (Fsp3) is 0.333. The molecular weight excluding hydrogens is 262 g/mol. The lowest BCUT2D eigenvalue weighted by Crippen LogP contribution is -2.18. The second kappa shape index (κ2) is 7.70. The highest BCUT2D eigenvalue weighted by molar-refractivity contribution is 5.33. The normalized spacial score (nSPS) is 12.0. The number of hydrogen-bond acceptors (Lipinski definition) is 3. The maximum atomic E-state index is 5.58. The molecule has 0 aromatic heterocycles. The van der Waals surface area contributed by atoms with Crippen molar-refractivity contribution >= 4 is 0 Å². The van der Waals surface area contributed by atoms with Crippen LogP contribution >= 0.6 is 0 Å². The lowest BCUT2D eigenvalue weighted by atomic mass is 9.99. The second-order valence-corrected chi connectivity index (χ2v) is 4.90. The van der Waals surface area contributed by atoms with Crippen LogP contribution in [0.4, 0.5) is 0 Å². The van der Waals surface area contributed by atoms with Crippen LogP contribution in [0.3, 0.4) is 0 Å². The van der Waals surface area contributed by atoms with Crippen LogP contribution in [0.25, 0.3) is 0 Å². The molecule has 0 aliphatic heterocycles. The van der Waals surface area contributed by atoms with E-state index in [4.69, 9.17) is 9.47 Å². The van der Waals surface area contributed by atoms with E-state index in [1.165, 1.54) is 11.1 Å². The van der Waals surface area contributed by atoms with Gasteiger partial charge in [-0.2, -0.15) is 0 Å². The Morgan fingerprint density at radius 2 is 1.81 bits per heavy atom. The van der Waals surface area contributed by atoms with Crippen LogP contribution in [0.1, 0.15) is 24.1 Å². The number of methoxy groups -OCH3 is 1. The summed E-state index contributed by atoms with van der Waals surface area (Å²) in [6.45, 7) is 2.69. The van der Waals surface area contributed by atoms with Crippen molar-refractivity contribution in [2.75, 3.05) is 20.8 Å². The third-order valence-corrected chi connectivity index (χ3v) is 3.52. The molecule has 3 nitrogen and oxygen atoms in total. The van der Waals surface area contributed by atoms with E-state index in [2.05, 4.69) is 29.6 Å². The van der Waals surface area contributed by atoms with Crippen molar-refractivity contribution in [1.82, 2.24) is 5.32 Å². The summed E-state index contributed by atoms with van der Waals surface area (Å²) in [5.74, 6) is 1.81. The topological polar surface area (TPSA) is 30.5 Å². The molecule has 21 heavy (non-hydrogen) atoms. The summed E-state index contributed by atoms with van der Waals surface area (Å²) < 4.78 is 10.8. The van der Waals surface area contributed by atoms with Crippen molar-refractivity contribution in [3.8, 4) is 11.5 Å². The molecule has 0 radical (unpaired) electrons. The fourth-order valence-corrected chi connectivity index (χ4v) is 2.37. The van der Waals surface area contributed by atoms with Gasteiger partial charge in [0.2, 0.25) is 0 Å². The van der Waals surface area contributed by atoms with Crippen LogP contribution in [0.2, 0.25) is 0 Å². The number of likely N-dealkylation sites (N-methyl/N-ethyl adjacent to an activating group) is 1.